The zero-order valence-corrected chi connectivity index (χ0v) is 13.3. The first-order chi connectivity index (χ1) is 10.0. The van der Waals surface area contributed by atoms with Crippen molar-refractivity contribution in [3.63, 3.8) is 0 Å². The number of benzene rings is 1. The topological polar surface area (TPSA) is 51.0 Å². The van der Waals surface area contributed by atoms with Crippen molar-refractivity contribution < 1.29 is 4.42 Å². The molecule has 1 aromatic carbocycles. The summed E-state index contributed by atoms with van der Waals surface area (Å²) in [6.07, 6.45) is 3.70. The Labute approximate surface area is 127 Å². The van der Waals surface area contributed by atoms with Gasteiger partial charge in [0, 0.05) is 17.3 Å². The van der Waals surface area contributed by atoms with Crippen LogP contribution in [-0.4, -0.2) is 16.2 Å². The van der Waals surface area contributed by atoms with Crippen LogP contribution in [0.25, 0.3) is 11.5 Å². The molecule has 0 saturated carbocycles. The second-order valence-electron chi connectivity index (χ2n) is 6.43. The van der Waals surface area contributed by atoms with Crippen molar-refractivity contribution in [2.24, 2.45) is 11.8 Å². The fraction of sp³-hybridized carbons (Fsp3) is 0.529. The van der Waals surface area contributed by atoms with Crippen molar-refractivity contribution in [2.75, 3.05) is 5.32 Å². The van der Waals surface area contributed by atoms with Gasteiger partial charge in [-0.15, -0.1) is 10.2 Å². The molecule has 1 heterocycles. The van der Waals surface area contributed by atoms with Crippen molar-refractivity contribution >= 4 is 5.69 Å². The van der Waals surface area contributed by atoms with E-state index < -0.39 is 0 Å². The van der Waals surface area contributed by atoms with E-state index in [1.807, 2.05) is 12.1 Å². The number of aromatic nitrogens is 2. The molecule has 0 bridgehead atoms. The summed E-state index contributed by atoms with van der Waals surface area (Å²) < 4.78 is 5.26. The third-order valence-corrected chi connectivity index (χ3v) is 3.35. The van der Waals surface area contributed by atoms with Crippen LogP contribution in [0, 0.1) is 11.8 Å². The van der Waals surface area contributed by atoms with Crippen LogP contribution in [0.2, 0.25) is 0 Å². The van der Waals surface area contributed by atoms with E-state index in [0.717, 1.165) is 11.3 Å². The number of nitrogens with zero attached hydrogens (tertiary/aromatic N) is 2. The highest BCUT2D eigenvalue weighted by atomic mass is 16.4. The van der Waals surface area contributed by atoms with E-state index in [-0.39, 0.29) is 0 Å². The summed E-state index contributed by atoms with van der Waals surface area (Å²) in [5.41, 5.74) is 2.06. The second kappa shape index (κ2) is 7.25. The van der Waals surface area contributed by atoms with Crippen LogP contribution in [0.1, 0.15) is 40.5 Å². The number of hydrogen-bond donors (Lipinski definition) is 1. The summed E-state index contributed by atoms with van der Waals surface area (Å²) in [7, 11) is 0. The Bertz CT molecular complexity index is 525. The SMILES string of the molecule is CC(C)CC(CC(C)C)Nc1cccc(-c2nnco2)c1. The maximum absolute atomic E-state index is 5.26. The summed E-state index contributed by atoms with van der Waals surface area (Å²) in [6, 6.07) is 8.65. The minimum Gasteiger partial charge on any atom is -0.423 e. The predicted molar refractivity (Wildman–Crippen MR) is 86.1 cm³/mol. The van der Waals surface area contributed by atoms with Gasteiger partial charge in [0.2, 0.25) is 12.3 Å². The van der Waals surface area contributed by atoms with Gasteiger partial charge in [-0.05, 0) is 42.9 Å². The number of anilines is 1. The molecule has 0 unspecified atom stereocenters. The first kappa shape index (κ1) is 15.5. The fourth-order valence-corrected chi connectivity index (χ4v) is 2.63. The molecule has 0 aliphatic carbocycles. The zero-order chi connectivity index (χ0) is 15.2. The summed E-state index contributed by atoms with van der Waals surface area (Å²) >= 11 is 0. The highest BCUT2D eigenvalue weighted by molar-refractivity contribution is 5.61. The Kier molecular flexibility index (Phi) is 5.37. The summed E-state index contributed by atoms with van der Waals surface area (Å²) in [6.45, 7) is 9.07. The zero-order valence-electron chi connectivity index (χ0n) is 13.3. The van der Waals surface area contributed by atoms with Gasteiger partial charge in [-0.1, -0.05) is 33.8 Å². The van der Waals surface area contributed by atoms with Gasteiger partial charge >= 0.3 is 0 Å². The lowest BCUT2D eigenvalue weighted by molar-refractivity contribution is 0.442. The van der Waals surface area contributed by atoms with Crippen molar-refractivity contribution in [3.05, 3.63) is 30.7 Å². The summed E-state index contributed by atoms with van der Waals surface area (Å²) in [5, 5.41) is 11.3. The van der Waals surface area contributed by atoms with Crippen LogP contribution in [0.4, 0.5) is 5.69 Å². The van der Waals surface area contributed by atoms with Crippen molar-refractivity contribution in [3.8, 4) is 11.5 Å². The predicted octanol–water partition coefficient (Wildman–Crippen LogP) is 4.61. The van der Waals surface area contributed by atoms with Gasteiger partial charge in [0.25, 0.3) is 0 Å². The van der Waals surface area contributed by atoms with E-state index in [1.54, 1.807) is 0 Å². The Hall–Kier alpha value is -1.84. The molecule has 0 fully saturated rings. The Morgan fingerprint density at radius 3 is 2.38 bits per heavy atom. The molecule has 0 amide bonds. The van der Waals surface area contributed by atoms with Crippen molar-refractivity contribution in [1.29, 1.82) is 0 Å². The van der Waals surface area contributed by atoms with E-state index in [0.29, 0.717) is 23.8 Å². The largest absolute Gasteiger partial charge is 0.423 e. The first-order valence-electron chi connectivity index (χ1n) is 7.67. The van der Waals surface area contributed by atoms with E-state index in [9.17, 15) is 0 Å². The Morgan fingerprint density at radius 1 is 1.10 bits per heavy atom. The van der Waals surface area contributed by atoms with Crippen LogP contribution in [0.5, 0.6) is 0 Å². The standard InChI is InChI=1S/C17H25N3O/c1-12(2)8-16(9-13(3)4)19-15-7-5-6-14(10-15)17-20-18-11-21-17/h5-7,10-13,16,19H,8-9H2,1-4H3. The molecule has 0 radical (unpaired) electrons. The monoisotopic (exact) mass is 287 g/mol. The third kappa shape index (κ3) is 4.88. The van der Waals surface area contributed by atoms with Crippen molar-refractivity contribution in [2.45, 2.75) is 46.6 Å². The number of nitrogens with one attached hydrogen (secondary N) is 1. The van der Waals surface area contributed by atoms with E-state index in [4.69, 9.17) is 4.42 Å². The molecule has 4 heteroatoms. The quantitative estimate of drug-likeness (QED) is 0.808. The molecule has 21 heavy (non-hydrogen) atoms. The van der Waals surface area contributed by atoms with E-state index in [2.05, 4.69) is 55.3 Å². The van der Waals surface area contributed by atoms with Crippen LogP contribution in [0.3, 0.4) is 0 Å². The van der Waals surface area contributed by atoms with E-state index in [1.165, 1.54) is 19.2 Å². The highest BCUT2D eigenvalue weighted by Gasteiger charge is 2.13. The Balaban J connectivity index is 2.11. The third-order valence-electron chi connectivity index (χ3n) is 3.35. The molecule has 2 rings (SSSR count). The molecule has 114 valence electrons. The molecular weight excluding hydrogens is 262 g/mol. The van der Waals surface area contributed by atoms with Gasteiger partial charge in [0.1, 0.15) is 0 Å². The summed E-state index contributed by atoms with van der Waals surface area (Å²) in [5.74, 6) is 1.92. The van der Waals surface area contributed by atoms with Gasteiger partial charge in [0.05, 0.1) is 0 Å². The van der Waals surface area contributed by atoms with Crippen LogP contribution in [-0.2, 0) is 0 Å². The molecule has 0 aliphatic rings. The second-order valence-corrected chi connectivity index (χ2v) is 6.43. The lowest BCUT2D eigenvalue weighted by atomic mass is 9.95. The van der Waals surface area contributed by atoms with Crippen LogP contribution in [0.15, 0.2) is 35.1 Å². The van der Waals surface area contributed by atoms with Gasteiger partial charge in [-0.25, -0.2) is 0 Å². The molecule has 0 spiro atoms. The average molecular weight is 287 g/mol. The van der Waals surface area contributed by atoms with Gasteiger partial charge in [-0.2, -0.15) is 0 Å². The normalized spacial score (nSPS) is 11.6. The van der Waals surface area contributed by atoms with Gasteiger partial charge in [-0.3, -0.25) is 0 Å². The van der Waals surface area contributed by atoms with Crippen LogP contribution >= 0.6 is 0 Å². The minimum absolute atomic E-state index is 0.489. The number of rotatable bonds is 7. The first-order valence-corrected chi connectivity index (χ1v) is 7.67. The van der Waals surface area contributed by atoms with Gasteiger partial charge in [0.15, 0.2) is 0 Å². The van der Waals surface area contributed by atoms with Crippen LogP contribution < -0.4 is 5.32 Å². The lowest BCUT2D eigenvalue weighted by Crippen LogP contribution is -2.23. The lowest BCUT2D eigenvalue weighted by Gasteiger charge is -2.23. The van der Waals surface area contributed by atoms with E-state index >= 15 is 0 Å². The maximum atomic E-state index is 5.26. The number of hydrogen-bond acceptors (Lipinski definition) is 4. The summed E-state index contributed by atoms with van der Waals surface area (Å²) in [4.78, 5) is 0. The van der Waals surface area contributed by atoms with Crippen molar-refractivity contribution in [1.82, 2.24) is 10.2 Å². The molecule has 0 aliphatic heterocycles. The Morgan fingerprint density at radius 2 is 1.81 bits per heavy atom. The minimum atomic E-state index is 0.489. The molecular formula is C17H25N3O. The average Bonchev–Trinajstić information content (AvgIpc) is 2.91. The van der Waals surface area contributed by atoms with Gasteiger partial charge < -0.3 is 9.73 Å². The molecule has 2 aromatic rings. The molecule has 0 atom stereocenters. The maximum Gasteiger partial charge on any atom is 0.247 e. The molecule has 1 N–H and O–H groups in total. The smallest absolute Gasteiger partial charge is 0.247 e. The molecule has 4 nitrogen and oxygen atoms in total. The molecule has 1 aromatic heterocycles. The molecule has 0 saturated heterocycles. The highest BCUT2D eigenvalue weighted by Crippen LogP contribution is 2.23. The fourth-order valence-electron chi connectivity index (χ4n) is 2.63.